The quantitative estimate of drug-likeness (QED) is 0.368. The second-order valence-corrected chi connectivity index (χ2v) is 6.17. The van der Waals surface area contributed by atoms with Crippen LogP contribution in [-0.4, -0.2) is 24.8 Å². The van der Waals surface area contributed by atoms with Gasteiger partial charge in [-0.1, -0.05) is 55.0 Å². The monoisotopic (exact) mass is 354 g/mol. The van der Waals surface area contributed by atoms with Crippen molar-refractivity contribution in [1.29, 1.82) is 0 Å². The number of rotatable bonds is 11. The summed E-state index contributed by atoms with van der Waals surface area (Å²) in [5.41, 5.74) is 8.09. The van der Waals surface area contributed by atoms with Crippen LogP contribution in [0.25, 0.3) is 0 Å². The fourth-order valence-corrected chi connectivity index (χ4v) is 2.64. The minimum Gasteiger partial charge on any atom is -0.460 e. The second kappa shape index (κ2) is 11.2. The molecule has 0 aliphatic carbocycles. The van der Waals surface area contributed by atoms with Gasteiger partial charge in [-0.05, 0) is 36.6 Å². The molecule has 0 aliphatic heterocycles. The van der Waals surface area contributed by atoms with E-state index in [-0.39, 0.29) is 12.6 Å². The van der Waals surface area contributed by atoms with Crippen molar-refractivity contribution in [2.45, 2.75) is 38.5 Å². The molecule has 0 aromatic heterocycles. The molecule has 2 rings (SSSR count). The SMILES string of the molecule is NCCCC[C@H](NCc1cccc(C=O)c1)C(=O)OCc1ccccc1. The van der Waals surface area contributed by atoms with Crippen LogP contribution in [0.3, 0.4) is 0 Å². The number of hydrogen-bond acceptors (Lipinski definition) is 5. The van der Waals surface area contributed by atoms with Gasteiger partial charge in [0, 0.05) is 12.1 Å². The molecule has 26 heavy (non-hydrogen) atoms. The van der Waals surface area contributed by atoms with E-state index in [1.165, 1.54) is 0 Å². The van der Waals surface area contributed by atoms with E-state index in [9.17, 15) is 9.59 Å². The summed E-state index contributed by atoms with van der Waals surface area (Å²) in [6, 6.07) is 16.5. The van der Waals surface area contributed by atoms with E-state index in [0.717, 1.165) is 30.3 Å². The number of esters is 1. The topological polar surface area (TPSA) is 81.4 Å². The third-order valence-electron chi connectivity index (χ3n) is 4.10. The van der Waals surface area contributed by atoms with Crippen molar-refractivity contribution in [2.75, 3.05) is 6.54 Å². The average molecular weight is 354 g/mol. The predicted molar refractivity (Wildman–Crippen MR) is 102 cm³/mol. The number of carbonyl (C=O) groups excluding carboxylic acids is 2. The first-order valence-corrected chi connectivity index (χ1v) is 8.91. The van der Waals surface area contributed by atoms with Crippen LogP contribution in [0.4, 0.5) is 0 Å². The Hall–Kier alpha value is -2.50. The number of hydrogen-bond donors (Lipinski definition) is 2. The largest absolute Gasteiger partial charge is 0.460 e. The molecular formula is C21H26N2O3. The molecule has 0 fully saturated rings. The van der Waals surface area contributed by atoms with Gasteiger partial charge in [0.05, 0.1) is 0 Å². The highest BCUT2D eigenvalue weighted by molar-refractivity contribution is 5.76. The summed E-state index contributed by atoms with van der Waals surface area (Å²) in [6.07, 6.45) is 3.20. The summed E-state index contributed by atoms with van der Waals surface area (Å²) in [7, 11) is 0. The zero-order chi connectivity index (χ0) is 18.6. The first-order chi connectivity index (χ1) is 12.7. The Morgan fingerprint density at radius 1 is 1.08 bits per heavy atom. The van der Waals surface area contributed by atoms with E-state index in [2.05, 4.69) is 5.32 Å². The fraction of sp³-hybridized carbons (Fsp3) is 0.333. The van der Waals surface area contributed by atoms with Gasteiger partial charge < -0.3 is 15.8 Å². The summed E-state index contributed by atoms with van der Waals surface area (Å²) >= 11 is 0. The highest BCUT2D eigenvalue weighted by atomic mass is 16.5. The highest BCUT2D eigenvalue weighted by Crippen LogP contribution is 2.09. The van der Waals surface area contributed by atoms with E-state index >= 15 is 0 Å². The molecule has 0 spiro atoms. The number of unbranched alkanes of at least 4 members (excludes halogenated alkanes) is 1. The van der Waals surface area contributed by atoms with Crippen LogP contribution >= 0.6 is 0 Å². The third-order valence-corrected chi connectivity index (χ3v) is 4.10. The van der Waals surface area contributed by atoms with Crippen molar-refractivity contribution in [3.8, 4) is 0 Å². The molecule has 0 aliphatic rings. The lowest BCUT2D eigenvalue weighted by Gasteiger charge is -2.18. The molecule has 0 saturated heterocycles. The van der Waals surface area contributed by atoms with Crippen molar-refractivity contribution >= 4 is 12.3 Å². The van der Waals surface area contributed by atoms with Gasteiger partial charge in [0.2, 0.25) is 0 Å². The second-order valence-electron chi connectivity index (χ2n) is 6.17. The number of nitrogens with one attached hydrogen (secondary N) is 1. The summed E-state index contributed by atoms with van der Waals surface area (Å²) in [4.78, 5) is 23.4. The van der Waals surface area contributed by atoms with Gasteiger partial charge in [-0.15, -0.1) is 0 Å². The molecule has 0 unspecified atom stereocenters. The molecule has 1 atom stereocenters. The predicted octanol–water partition coefficient (Wildman–Crippen LogP) is 2.83. The average Bonchev–Trinajstić information content (AvgIpc) is 2.69. The Balaban J connectivity index is 1.92. The lowest BCUT2D eigenvalue weighted by molar-refractivity contribution is -0.147. The zero-order valence-corrected chi connectivity index (χ0v) is 14.9. The Morgan fingerprint density at radius 2 is 1.85 bits per heavy atom. The Kier molecular flexibility index (Phi) is 8.52. The molecule has 0 amide bonds. The van der Waals surface area contributed by atoms with Crippen molar-refractivity contribution in [2.24, 2.45) is 5.73 Å². The number of aldehydes is 1. The van der Waals surface area contributed by atoms with Crippen LogP contribution in [0, 0.1) is 0 Å². The molecule has 3 N–H and O–H groups in total. The van der Waals surface area contributed by atoms with Crippen LogP contribution in [0.1, 0.15) is 40.7 Å². The van der Waals surface area contributed by atoms with E-state index in [1.54, 1.807) is 6.07 Å². The summed E-state index contributed by atoms with van der Waals surface area (Å²) < 4.78 is 5.47. The maximum atomic E-state index is 12.5. The Morgan fingerprint density at radius 3 is 2.58 bits per heavy atom. The molecule has 0 heterocycles. The lowest BCUT2D eigenvalue weighted by Crippen LogP contribution is -2.37. The van der Waals surface area contributed by atoms with Crippen LogP contribution < -0.4 is 11.1 Å². The molecule has 5 heteroatoms. The van der Waals surface area contributed by atoms with Crippen molar-refractivity contribution in [3.63, 3.8) is 0 Å². The third kappa shape index (κ3) is 6.78. The van der Waals surface area contributed by atoms with E-state index < -0.39 is 6.04 Å². The summed E-state index contributed by atoms with van der Waals surface area (Å²) in [6.45, 7) is 1.36. The first-order valence-electron chi connectivity index (χ1n) is 8.91. The number of carbonyl (C=O) groups is 2. The van der Waals surface area contributed by atoms with Gasteiger partial charge in [-0.25, -0.2) is 0 Å². The normalized spacial score (nSPS) is 11.7. The first kappa shape index (κ1) is 19.8. The summed E-state index contributed by atoms with van der Waals surface area (Å²) in [5.74, 6) is -0.266. The maximum absolute atomic E-state index is 12.5. The lowest BCUT2D eigenvalue weighted by atomic mass is 10.1. The van der Waals surface area contributed by atoms with E-state index in [0.29, 0.717) is 25.1 Å². The standard InChI is InChI=1S/C21H26N2O3/c22-12-5-4-11-20(21(25)26-16-17-7-2-1-3-8-17)23-14-18-9-6-10-19(13-18)15-24/h1-3,6-10,13,15,20,23H,4-5,11-12,14,16,22H2/t20-/m0/s1. The van der Waals surface area contributed by atoms with Gasteiger partial charge in [-0.3, -0.25) is 9.59 Å². The Labute approximate surface area is 154 Å². The molecule has 0 saturated carbocycles. The highest BCUT2D eigenvalue weighted by Gasteiger charge is 2.19. The van der Waals surface area contributed by atoms with Crippen molar-refractivity contribution in [3.05, 3.63) is 71.3 Å². The van der Waals surface area contributed by atoms with Gasteiger partial charge >= 0.3 is 5.97 Å². The molecule has 2 aromatic rings. The molecule has 5 nitrogen and oxygen atoms in total. The molecule has 138 valence electrons. The fourth-order valence-electron chi connectivity index (χ4n) is 2.64. The van der Waals surface area contributed by atoms with Gasteiger partial charge in [0.15, 0.2) is 0 Å². The van der Waals surface area contributed by atoms with Crippen molar-refractivity contribution in [1.82, 2.24) is 5.32 Å². The van der Waals surface area contributed by atoms with Gasteiger partial charge in [0.25, 0.3) is 0 Å². The van der Waals surface area contributed by atoms with Crippen LogP contribution in [0.2, 0.25) is 0 Å². The number of nitrogens with two attached hydrogens (primary N) is 1. The molecule has 2 aromatic carbocycles. The van der Waals surface area contributed by atoms with Gasteiger partial charge in [-0.2, -0.15) is 0 Å². The summed E-state index contributed by atoms with van der Waals surface area (Å²) in [5, 5.41) is 3.25. The van der Waals surface area contributed by atoms with Crippen LogP contribution in [0.5, 0.6) is 0 Å². The maximum Gasteiger partial charge on any atom is 0.323 e. The van der Waals surface area contributed by atoms with E-state index in [1.807, 2.05) is 48.5 Å². The molecule has 0 bridgehead atoms. The van der Waals surface area contributed by atoms with E-state index in [4.69, 9.17) is 10.5 Å². The number of ether oxygens (including phenoxy) is 1. The molecule has 0 radical (unpaired) electrons. The zero-order valence-electron chi connectivity index (χ0n) is 14.9. The van der Waals surface area contributed by atoms with Crippen LogP contribution in [-0.2, 0) is 22.7 Å². The Bertz CT molecular complexity index is 689. The van der Waals surface area contributed by atoms with Crippen molar-refractivity contribution < 1.29 is 14.3 Å². The minimum atomic E-state index is -0.398. The number of benzene rings is 2. The van der Waals surface area contributed by atoms with Gasteiger partial charge in [0.1, 0.15) is 18.9 Å². The van der Waals surface area contributed by atoms with Crippen LogP contribution in [0.15, 0.2) is 54.6 Å². The molecular weight excluding hydrogens is 328 g/mol. The smallest absolute Gasteiger partial charge is 0.323 e. The minimum absolute atomic E-state index is 0.259.